The molecule has 3 aromatic carbocycles. The number of esters is 1. The van der Waals surface area contributed by atoms with E-state index in [1.807, 2.05) is 0 Å². The number of methoxy groups -OCH3 is 1. The Balaban J connectivity index is 1.09. The number of benzene rings is 3. The Morgan fingerprint density at radius 3 is 1.90 bits per heavy atom. The van der Waals surface area contributed by atoms with Crippen LogP contribution < -0.4 is 14.9 Å². The molecule has 0 bridgehead atoms. The number of hydrogen-bond acceptors (Lipinski definition) is 22. The maximum absolute atomic E-state index is 13.5. The second kappa shape index (κ2) is 19.0. The molecule has 3 aliphatic rings. The fourth-order valence-electron chi connectivity index (χ4n) is 7.51. The third-order valence-electron chi connectivity index (χ3n) is 11.0. The average molecular weight is 891 g/mol. The number of fused-ring (bicyclic) bond motifs is 1. The number of aromatic hydroxyl groups is 2. The summed E-state index contributed by atoms with van der Waals surface area (Å²) in [6, 6.07) is 13.1. The van der Waals surface area contributed by atoms with E-state index < -0.39 is 129 Å². The minimum atomic E-state index is -2.05. The van der Waals surface area contributed by atoms with Crippen molar-refractivity contribution in [2.75, 3.05) is 26.9 Å². The van der Waals surface area contributed by atoms with Crippen LogP contribution in [-0.4, -0.2) is 180 Å². The molecule has 3 fully saturated rings. The van der Waals surface area contributed by atoms with Gasteiger partial charge in [-0.25, -0.2) is 4.79 Å². The van der Waals surface area contributed by atoms with Crippen LogP contribution in [0.25, 0.3) is 22.3 Å². The molecular weight excluding hydrogens is 844 g/mol. The lowest BCUT2D eigenvalue weighted by Crippen LogP contribution is -2.63. The van der Waals surface area contributed by atoms with E-state index in [1.54, 1.807) is 0 Å². The van der Waals surface area contributed by atoms with E-state index >= 15 is 0 Å². The summed E-state index contributed by atoms with van der Waals surface area (Å²) in [6.07, 6.45) is -26.2. The van der Waals surface area contributed by atoms with Gasteiger partial charge in [-0.05, 0) is 48.5 Å². The van der Waals surface area contributed by atoms with Gasteiger partial charge in [0.15, 0.2) is 11.7 Å². The highest BCUT2D eigenvalue weighted by atomic mass is 16.7. The molecule has 4 aromatic rings. The van der Waals surface area contributed by atoms with E-state index in [9.17, 15) is 70.9 Å². The van der Waals surface area contributed by atoms with Gasteiger partial charge in [-0.1, -0.05) is 0 Å². The maximum atomic E-state index is 13.5. The van der Waals surface area contributed by atoms with Crippen molar-refractivity contribution in [3.05, 3.63) is 82.0 Å². The van der Waals surface area contributed by atoms with Crippen molar-refractivity contribution in [2.45, 2.75) is 91.9 Å². The van der Waals surface area contributed by atoms with Gasteiger partial charge in [0.05, 0.1) is 31.5 Å². The Labute approximate surface area is 355 Å². The van der Waals surface area contributed by atoms with Gasteiger partial charge in [-0.3, -0.25) is 4.79 Å². The number of hydrogen-bond donors (Lipinski definition) is 12. The zero-order valence-corrected chi connectivity index (χ0v) is 33.0. The van der Waals surface area contributed by atoms with Gasteiger partial charge in [-0.2, -0.15) is 0 Å². The number of aliphatic hydroxyl groups excluding tert-OH is 10. The SMILES string of the molecule is COc1cc2oc(-c3ccc(O)cc3)cc(=O)c2c(O)c1[C@@H]1O[C@H](CO)[C@@H](O)[C@H](O)[C@H]1O[C@@H]1O[C@H](COC(=O)c2ccc(O[C@@H]3O[C@H](CO)[C@@H](O)[C@H](O)[C@H]3O)cc2)[C@@H](O)[C@H](O)[C@H]1O. The Morgan fingerprint density at radius 1 is 0.683 bits per heavy atom. The highest BCUT2D eigenvalue weighted by Gasteiger charge is 2.52. The fraction of sp³-hybridized carbons (Fsp3) is 0.463. The molecule has 4 heterocycles. The fourth-order valence-corrected chi connectivity index (χ4v) is 7.51. The molecule has 0 radical (unpaired) electrons. The molecule has 12 N–H and O–H groups in total. The molecule has 3 aliphatic heterocycles. The Bertz CT molecular complexity index is 2270. The van der Waals surface area contributed by atoms with Crippen LogP contribution in [-0.2, 0) is 23.7 Å². The minimum Gasteiger partial charge on any atom is -0.508 e. The Morgan fingerprint density at radius 2 is 1.27 bits per heavy atom. The van der Waals surface area contributed by atoms with Crippen molar-refractivity contribution in [1.82, 2.24) is 0 Å². The molecule has 0 amide bonds. The van der Waals surface area contributed by atoms with Crippen LogP contribution in [0.5, 0.6) is 23.0 Å². The van der Waals surface area contributed by atoms with Gasteiger partial charge in [0.25, 0.3) is 0 Å². The van der Waals surface area contributed by atoms with Gasteiger partial charge < -0.3 is 98.9 Å². The molecule has 0 aliphatic carbocycles. The Hall–Kier alpha value is -5.02. The third kappa shape index (κ3) is 9.05. The van der Waals surface area contributed by atoms with Gasteiger partial charge in [0, 0.05) is 17.7 Å². The number of phenolic OH excluding ortho intramolecular Hbond substituents is 2. The van der Waals surface area contributed by atoms with E-state index in [0.717, 1.165) is 6.07 Å². The topological polar surface area (TPSA) is 355 Å². The molecule has 15 atom stereocenters. The van der Waals surface area contributed by atoms with Gasteiger partial charge >= 0.3 is 5.97 Å². The third-order valence-corrected chi connectivity index (χ3v) is 11.0. The summed E-state index contributed by atoms with van der Waals surface area (Å²) >= 11 is 0. The number of rotatable bonds is 12. The second-order valence-electron chi connectivity index (χ2n) is 15.0. The van der Waals surface area contributed by atoms with E-state index in [0.29, 0.717) is 5.56 Å². The van der Waals surface area contributed by atoms with Crippen molar-refractivity contribution in [1.29, 1.82) is 0 Å². The summed E-state index contributed by atoms with van der Waals surface area (Å²) in [5.74, 6) is -1.86. The van der Waals surface area contributed by atoms with Gasteiger partial charge in [0.2, 0.25) is 6.29 Å². The van der Waals surface area contributed by atoms with Crippen LogP contribution in [0.1, 0.15) is 22.0 Å². The standard InChI is InChI=1S/C41H46O22/c1-56-21-11-22-26(19(45)10-20(59-22)15-2-6-17(44)7-3-15)31(49)27(21)37-38(34(52)29(47)23(12-42)60-37)63-41-36(54)33(51)30(48)25(62-41)14-57-39(55)16-4-8-18(9-5-16)58-40-35(53)32(50)28(46)24(13-43)61-40/h2-11,23-25,28-30,32-38,40-44,46-54H,12-14H2,1H3/t23-,24-,25-,28-,29-,30-,32+,33+,34+,35-,36-,37+,38-,40-,41+/m1/s1. The first-order chi connectivity index (χ1) is 30.1. The number of carbonyl (C=O) groups is 1. The van der Waals surface area contributed by atoms with Gasteiger partial charge in [-0.15, -0.1) is 0 Å². The van der Waals surface area contributed by atoms with E-state index in [4.69, 9.17) is 37.6 Å². The molecule has 22 nitrogen and oxygen atoms in total. The van der Waals surface area contributed by atoms with E-state index in [1.165, 1.54) is 61.7 Å². The molecule has 342 valence electrons. The molecule has 63 heavy (non-hydrogen) atoms. The summed E-state index contributed by atoms with van der Waals surface area (Å²) in [6.45, 7) is -2.29. The molecule has 1 aromatic heterocycles. The summed E-state index contributed by atoms with van der Waals surface area (Å²) in [4.78, 5) is 26.6. The predicted octanol–water partition coefficient (Wildman–Crippen LogP) is -2.74. The lowest BCUT2D eigenvalue weighted by Gasteiger charge is -2.46. The van der Waals surface area contributed by atoms with Crippen molar-refractivity contribution in [3.8, 4) is 34.3 Å². The van der Waals surface area contributed by atoms with Gasteiger partial charge in [0.1, 0.15) is 126 Å². The van der Waals surface area contributed by atoms with Crippen molar-refractivity contribution >= 4 is 16.9 Å². The molecular formula is C41H46O22. The normalized spacial score (nSPS) is 33.5. The molecule has 3 saturated heterocycles. The van der Waals surface area contributed by atoms with Crippen LogP contribution in [0.4, 0.5) is 0 Å². The minimum absolute atomic E-state index is 0.0361. The largest absolute Gasteiger partial charge is 0.508 e. The molecule has 22 heteroatoms. The summed E-state index contributed by atoms with van der Waals surface area (Å²) < 4.78 is 45.2. The molecule has 0 saturated carbocycles. The second-order valence-corrected chi connectivity index (χ2v) is 15.0. The Kier molecular flexibility index (Phi) is 13.9. The number of phenols is 2. The number of carbonyl (C=O) groups excluding carboxylic acids is 1. The molecule has 0 unspecified atom stereocenters. The average Bonchev–Trinajstić information content (AvgIpc) is 3.28. The predicted molar refractivity (Wildman–Crippen MR) is 207 cm³/mol. The number of aliphatic hydroxyl groups is 10. The van der Waals surface area contributed by atoms with Crippen LogP contribution in [0.15, 0.2) is 69.9 Å². The van der Waals surface area contributed by atoms with Crippen LogP contribution in [0, 0.1) is 0 Å². The highest BCUT2D eigenvalue weighted by Crippen LogP contribution is 2.47. The monoisotopic (exact) mass is 890 g/mol. The van der Waals surface area contributed by atoms with E-state index in [2.05, 4.69) is 0 Å². The smallest absolute Gasteiger partial charge is 0.338 e. The first-order valence-electron chi connectivity index (χ1n) is 19.5. The van der Waals surface area contributed by atoms with Crippen molar-refractivity contribution in [3.63, 3.8) is 0 Å². The zero-order valence-electron chi connectivity index (χ0n) is 33.0. The van der Waals surface area contributed by atoms with Crippen molar-refractivity contribution in [2.24, 2.45) is 0 Å². The van der Waals surface area contributed by atoms with E-state index in [-0.39, 0.29) is 45.1 Å². The maximum Gasteiger partial charge on any atom is 0.338 e. The summed E-state index contributed by atoms with van der Waals surface area (Å²) in [5, 5.41) is 126. The van der Waals surface area contributed by atoms with Crippen LogP contribution >= 0.6 is 0 Å². The highest BCUT2D eigenvalue weighted by molar-refractivity contribution is 5.89. The molecule has 0 spiro atoms. The van der Waals surface area contributed by atoms with Crippen LogP contribution in [0.3, 0.4) is 0 Å². The first-order valence-corrected chi connectivity index (χ1v) is 19.5. The lowest BCUT2D eigenvalue weighted by atomic mass is 9.89. The lowest BCUT2D eigenvalue weighted by molar-refractivity contribution is -0.342. The first kappa shape index (κ1) is 46.0. The summed E-state index contributed by atoms with van der Waals surface area (Å²) in [5.41, 5.74) is -0.891. The number of ether oxygens (including phenoxy) is 7. The zero-order chi connectivity index (χ0) is 45.4. The van der Waals surface area contributed by atoms with Crippen LogP contribution in [0.2, 0.25) is 0 Å². The molecule has 7 rings (SSSR count). The summed E-state index contributed by atoms with van der Waals surface area (Å²) in [7, 11) is 1.20. The van der Waals surface area contributed by atoms with Crippen molar-refractivity contribution < 1.29 is 104 Å². The quantitative estimate of drug-likeness (QED) is 0.0642.